The van der Waals surface area contributed by atoms with Gasteiger partial charge in [0.15, 0.2) is 12.6 Å². The first-order valence-corrected chi connectivity index (χ1v) is 10.6. The number of nitrogens with two attached hydrogens (primary N) is 1. The summed E-state index contributed by atoms with van der Waals surface area (Å²) in [5, 5.41) is 3.48. The van der Waals surface area contributed by atoms with Crippen molar-refractivity contribution in [2.75, 3.05) is 32.8 Å². The second-order valence-corrected chi connectivity index (χ2v) is 8.12. The molecule has 1 aliphatic heterocycles. The van der Waals surface area contributed by atoms with Gasteiger partial charge < -0.3 is 20.7 Å². The van der Waals surface area contributed by atoms with Gasteiger partial charge in [-0.2, -0.15) is 0 Å². The van der Waals surface area contributed by atoms with E-state index >= 15 is 0 Å². The number of nitrogens with one attached hydrogen (secondary N) is 1. The second-order valence-electron chi connectivity index (χ2n) is 8.12. The molecule has 162 valence electrons. The number of primary amides is 1. The summed E-state index contributed by atoms with van der Waals surface area (Å²) in [7, 11) is 0. The van der Waals surface area contributed by atoms with Crippen LogP contribution in [-0.4, -0.2) is 49.6 Å². The van der Waals surface area contributed by atoms with E-state index in [2.05, 4.69) is 17.1 Å². The Hall–Kier alpha value is -1.51. The molecule has 3 rings (SSSR count). The van der Waals surface area contributed by atoms with Crippen molar-refractivity contribution < 1.29 is 9.53 Å². The van der Waals surface area contributed by atoms with Gasteiger partial charge in [-0.05, 0) is 55.7 Å². The van der Waals surface area contributed by atoms with Gasteiger partial charge >= 0.3 is 0 Å². The fraction of sp³-hybridized carbons (Fsp3) is 0.636. The van der Waals surface area contributed by atoms with Crippen LogP contribution < -0.4 is 15.8 Å². The minimum atomic E-state index is -0.466. The van der Waals surface area contributed by atoms with Crippen molar-refractivity contribution >= 4 is 35.8 Å². The summed E-state index contributed by atoms with van der Waals surface area (Å²) < 4.78 is 5.30. The first-order chi connectivity index (χ1) is 13.6. The SMILES string of the molecule is CCNC(=NCCc1ccc(OCC(N)=O)cc1)N1CCC2(CCCCC2)C1.I. The van der Waals surface area contributed by atoms with E-state index in [4.69, 9.17) is 15.5 Å². The van der Waals surface area contributed by atoms with Gasteiger partial charge in [0.1, 0.15) is 5.75 Å². The number of hydrogen-bond donors (Lipinski definition) is 2. The smallest absolute Gasteiger partial charge is 0.255 e. The van der Waals surface area contributed by atoms with Crippen LogP contribution in [0.2, 0.25) is 0 Å². The number of hydrogen-bond acceptors (Lipinski definition) is 3. The van der Waals surface area contributed by atoms with Crippen LogP contribution in [-0.2, 0) is 11.2 Å². The number of amides is 1. The molecule has 1 aromatic carbocycles. The topological polar surface area (TPSA) is 80.0 Å². The molecule has 1 amide bonds. The maximum absolute atomic E-state index is 10.8. The minimum Gasteiger partial charge on any atom is -0.484 e. The number of ether oxygens (including phenoxy) is 1. The van der Waals surface area contributed by atoms with Crippen LogP contribution in [0.5, 0.6) is 5.75 Å². The molecule has 7 heteroatoms. The highest BCUT2D eigenvalue weighted by Crippen LogP contribution is 2.43. The third-order valence-electron chi connectivity index (χ3n) is 5.95. The Kier molecular flexibility index (Phi) is 9.52. The van der Waals surface area contributed by atoms with Gasteiger partial charge in [0.25, 0.3) is 5.91 Å². The largest absolute Gasteiger partial charge is 0.484 e. The van der Waals surface area contributed by atoms with Crippen molar-refractivity contribution in [3.8, 4) is 5.75 Å². The molecule has 1 aromatic rings. The molecule has 2 aliphatic rings. The van der Waals surface area contributed by atoms with Crippen LogP contribution in [0, 0.1) is 5.41 Å². The van der Waals surface area contributed by atoms with E-state index in [1.807, 2.05) is 24.3 Å². The highest BCUT2D eigenvalue weighted by molar-refractivity contribution is 14.0. The van der Waals surface area contributed by atoms with Crippen LogP contribution in [0.1, 0.15) is 51.0 Å². The maximum Gasteiger partial charge on any atom is 0.255 e. The fourth-order valence-corrected chi connectivity index (χ4v) is 4.45. The molecule has 2 fully saturated rings. The Morgan fingerprint density at radius 3 is 2.59 bits per heavy atom. The molecule has 1 heterocycles. The summed E-state index contributed by atoms with van der Waals surface area (Å²) in [4.78, 5) is 18.1. The molecule has 29 heavy (non-hydrogen) atoms. The Balaban J connectivity index is 0.00000300. The summed E-state index contributed by atoms with van der Waals surface area (Å²) >= 11 is 0. The Morgan fingerprint density at radius 1 is 1.21 bits per heavy atom. The van der Waals surface area contributed by atoms with Crippen LogP contribution in [0.25, 0.3) is 0 Å². The number of carbonyl (C=O) groups is 1. The third kappa shape index (κ3) is 7.04. The van der Waals surface area contributed by atoms with Crippen molar-refractivity contribution in [2.45, 2.75) is 51.9 Å². The number of carbonyl (C=O) groups excluding carboxylic acids is 1. The molecule has 0 bridgehead atoms. The zero-order valence-corrected chi connectivity index (χ0v) is 19.8. The van der Waals surface area contributed by atoms with E-state index in [0.717, 1.165) is 38.6 Å². The number of halogens is 1. The zero-order valence-electron chi connectivity index (χ0n) is 17.5. The Morgan fingerprint density at radius 2 is 1.93 bits per heavy atom. The predicted octanol–water partition coefficient (Wildman–Crippen LogP) is 3.33. The van der Waals surface area contributed by atoms with E-state index in [1.165, 1.54) is 44.1 Å². The van der Waals surface area contributed by atoms with Gasteiger partial charge in [0.2, 0.25) is 0 Å². The van der Waals surface area contributed by atoms with Gasteiger partial charge in [-0.3, -0.25) is 9.79 Å². The molecule has 1 saturated carbocycles. The second kappa shape index (κ2) is 11.6. The first-order valence-electron chi connectivity index (χ1n) is 10.6. The predicted molar refractivity (Wildman–Crippen MR) is 128 cm³/mol. The lowest BCUT2D eigenvalue weighted by Gasteiger charge is -2.33. The highest BCUT2D eigenvalue weighted by atomic mass is 127. The van der Waals surface area contributed by atoms with Crippen molar-refractivity contribution in [3.05, 3.63) is 29.8 Å². The lowest BCUT2D eigenvalue weighted by Crippen LogP contribution is -2.41. The summed E-state index contributed by atoms with van der Waals surface area (Å²) in [6, 6.07) is 7.79. The van der Waals surface area contributed by atoms with Gasteiger partial charge in [-0.25, -0.2) is 0 Å². The lowest BCUT2D eigenvalue weighted by molar-refractivity contribution is -0.119. The van der Waals surface area contributed by atoms with Gasteiger partial charge in [0, 0.05) is 26.2 Å². The van der Waals surface area contributed by atoms with Gasteiger partial charge in [-0.1, -0.05) is 31.4 Å². The first kappa shape index (κ1) is 23.8. The highest BCUT2D eigenvalue weighted by Gasteiger charge is 2.39. The molecule has 3 N–H and O–H groups in total. The van der Waals surface area contributed by atoms with Crippen molar-refractivity contribution in [3.63, 3.8) is 0 Å². The zero-order chi connectivity index (χ0) is 19.8. The quantitative estimate of drug-likeness (QED) is 0.333. The van der Waals surface area contributed by atoms with E-state index in [9.17, 15) is 4.79 Å². The van der Waals surface area contributed by atoms with Crippen LogP contribution in [0.3, 0.4) is 0 Å². The molecule has 0 aromatic heterocycles. The maximum atomic E-state index is 10.8. The number of likely N-dealkylation sites (tertiary alicyclic amines) is 1. The fourth-order valence-electron chi connectivity index (χ4n) is 4.45. The molecule has 0 atom stereocenters. The average molecular weight is 514 g/mol. The van der Waals surface area contributed by atoms with E-state index in [1.54, 1.807) is 0 Å². The number of benzene rings is 1. The van der Waals surface area contributed by atoms with Crippen molar-refractivity contribution in [1.29, 1.82) is 0 Å². The van der Waals surface area contributed by atoms with Gasteiger partial charge in [-0.15, -0.1) is 24.0 Å². The average Bonchev–Trinajstić information content (AvgIpc) is 3.10. The van der Waals surface area contributed by atoms with E-state index < -0.39 is 5.91 Å². The van der Waals surface area contributed by atoms with Crippen LogP contribution in [0.4, 0.5) is 0 Å². The number of aliphatic imine (C=N–C) groups is 1. The standard InChI is InChI=1S/C22H34N4O2.HI/c1-2-24-21(26-15-13-22(17-26)11-4-3-5-12-22)25-14-10-18-6-8-19(9-7-18)28-16-20(23)27;/h6-9H,2-5,10-17H2,1H3,(H2,23,27)(H,24,25);1H. The lowest BCUT2D eigenvalue weighted by atomic mass is 9.73. The summed E-state index contributed by atoms with van der Waals surface area (Å²) in [5.41, 5.74) is 6.84. The van der Waals surface area contributed by atoms with E-state index in [-0.39, 0.29) is 30.6 Å². The molecule has 0 unspecified atom stereocenters. The Bertz CT molecular complexity index is 672. The molecule has 1 spiro atoms. The third-order valence-corrected chi connectivity index (χ3v) is 5.95. The molecule has 0 radical (unpaired) electrons. The monoisotopic (exact) mass is 514 g/mol. The summed E-state index contributed by atoms with van der Waals surface area (Å²) in [6.07, 6.45) is 9.14. The summed E-state index contributed by atoms with van der Waals surface area (Å²) in [6.45, 7) is 5.98. The minimum absolute atomic E-state index is 0. The molecular formula is C22H35IN4O2. The van der Waals surface area contributed by atoms with Crippen molar-refractivity contribution in [1.82, 2.24) is 10.2 Å². The van der Waals surface area contributed by atoms with Crippen LogP contribution in [0.15, 0.2) is 29.3 Å². The van der Waals surface area contributed by atoms with Crippen LogP contribution >= 0.6 is 24.0 Å². The van der Waals surface area contributed by atoms with Crippen molar-refractivity contribution in [2.24, 2.45) is 16.1 Å². The number of guanidine groups is 1. The van der Waals surface area contributed by atoms with E-state index in [0.29, 0.717) is 11.2 Å². The van der Waals surface area contributed by atoms with Gasteiger partial charge in [0.05, 0.1) is 0 Å². The normalized spacial score (nSPS) is 18.4. The molecular weight excluding hydrogens is 479 g/mol. The number of nitrogens with zero attached hydrogens (tertiary/aromatic N) is 2. The molecule has 1 aliphatic carbocycles. The molecule has 1 saturated heterocycles. The Labute approximate surface area is 191 Å². The summed E-state index contributed by atoms with van der Waals surface area (Å²) in [5.74, 6) is 1.26. The number of rotatable bonds is 7. The molecule has 6 nitrogen and oxygen atoms in total.